The molecule has 0 saturated carbocycles. The second kappa shape index (κ2) is 8.28. The van der Waals surface area contributed by atoms with Gasteiger partial charge >= 0.3 is 0 Å². The molecule has 2 unspecified atom stereocenters. The van der Waals surface area contributed by atoms with Gasteiger partial charge in [-0.15, -0.1) is 0 Å². The van der Waals surface area contributed by atoms with E-state index in [2.05, 4.69) is 68.5 Å². The summed E-state index contributed by atoms with van der Waals surface area (Å²) in [5.74, 6) is 0. The lowest BCUT2D eigenvalue weighted by Gasteiger charge is -2.27. The smallest absolute Gasteiger partial charge is 0.0466 e. The highest BCUT2D eigenvalue weighted by molar-refractivity contribution is 5.19. The fraction of sp³-hybridized carbons (Fsp3) is 0.625. The van der Waals surface area contributed by atoms with Gasteiger partial charge in [-0.3, -0.25) is 0 Å². The largest absolute Gasteiger partial charge is 0.312 e. The van der Waals surface area contributed by atoms with Crippen LogP contribution in [0.4, 0.5) is 0 Å². The van der Waals surface area contributed by atoms with Crippen molar-refractivity contribution in [1.29, 1.82) is 0 Å². The average molecular weight is 248 g/mol. The number of benzene rings is 1. The van der Waals surface area contributed by atoms with Crippen LogP contribution < -0.4 is 5.32 Å². The molecule has 0 aromatic heterocycles. The lowest BCUT2D eigenvalue weighted by Crippen LogP contribution is -2.36. The Kier molecular flexibility index (Phi) is 6.99. The third-order valence-corrected chi connectivity index (χ3v) is 3.54. The molecule has 18 heavy (non-hydrogen) atoms. The molecule has 102 valence electrons. The van der Waals surface area contributed by atoms with Gasteiger partial charge in [0.05, 0.1) is 0 Å². The zero-order chi connectivity index (χ0) is 13.4. The van der Waals surface area contributed by atoms with E-state index in [1.54, 1.807) is 0 Å². The monoisotopic (exact) mass is 248 g/mol. The van der Waals surface area contributed by atoms with Crippen molar-refractivity contribution in [3.05, 3.63) is 35.9 Å². The van der Waals surface area contributed by atoms with Crippen LogP contribution in [0, 0.1) is 0 Å². The minimum atomic E-state index is 0.456. The van der Waals surface area contributed by atoms with Crippen LogP contribution in [0.3, 0.4) is 0 Å². The van der Waals surface area contributed by atoms with Gasteiger partial charge in [0.25, 0.3) is 0 Å². The van der Waals surface area contributed by atoms with Crippen LogP contribution in [-0.4, -0.2) is 31.6 Å². The van der Waals surface area contributed by atoms with Crippen LogP contribution in [-0.2, 0) is 0 Å². The van der Waals surface area contributed by atoms with Crippen LogP contribution in [0.1, 0.15) is 44.7 Å². The summed E-state index contributed by atoms with van der Waals surface area (Å²) in [6, 6.07) is 11.9. The van der Waals surface area contributed by atoms with Gasteiger partial charge < -0.3 is 10.2 Å². The number of hydrogen-bond acceptors (Lipinski definition) is 2. The van der Waals surface area contributed by atoms with Crippen molar-refractivity contribution < 1.29 is 0 Å². The summed E-state index contributed by atoms with van der Waals surface area (Å²) in [6.07, 6.45) is 3.73. The molecule has 2 heteroatoms. The molecule has 0 aliphatic carbocycles. The highest BCUT2D eigenvalue weighted by atomic mass is 15.1. The summed E-state index contributed by atoms with van der Waals surface area (Å²) < 4.78 is 0. The summed E-state index contributed by atoms with van der Waals surface area (Å²) in [7, 11) is 4.31. The topological polar surface area (TPSA) is 15.3 Å². The maximum atomic E-state index is 3.71. The van der Waals surface area contributed by atoms with Crippen LogP contribution in [0.2, 0.25) is 0 Å². The second-order valence-electron chi connectivity index (χ2n) is 5.19. The first-order chi connectivity index (χ1) is 8.69. The second-order valence-corrected chi connectivity index (χ2v) is 5.19. The predicted octanol–water partition coefficient (Wildman–Crippen LogP) is 3.46. The number of hydrogen-bond donors (Lipinski definition) is 1. The third-order valence-electron chi connectivity index (χ3n) is 3.54. The molecule has 2 atom stereocenters. The maximum Gasteiger partial charge on any atom is 0.0466 e. The molecule has 1 rings (SSSR count). The molecule has 1 N–H and O–H groups in total. The summed E-state index contributed by atoms with van der Waals surface area (Å²) >= 11 is 0. The highest BCUT2D eigenvalue weighted by Crippen LogP contribution is 2.17. The first-order valence-electron chi connectivity index (χ1n) is 7.13. The van der Waals surface area contributed by atoms with Crippen LogP contribution >= 0.6 is 0 Å². The first-order valence-corrected chi connectivity index (χ1v) is 7.13. The van der Waals surface area contributed by atoms with E-state index in [-0.39, 0.29) is 0 Å². The quantitative estimate of drug-likeness (QED) is 0.758. The Labute approximate surface area is 112 Å². The lowest BCUT2D eigenvalue weighted by molar-refractivity contribution is 0.275. The molecule has 2 nitrogen and oxygen atoms in total. The van der Waals surface area contributed by atoms with Crippen molar-refractivity contribution in [2.75, 3.05) is 20.6 Å². The summed E-state index contributed by atoms with van der Waals surface area (Å²) in [4.78, 5) is 2.29. The van der Waals surface area contributed by atoms with Crippen molar-refractivity contribution in [1.82, 2.24) is 10.2 Å². The normalized spacial score (nSPS) is 14.7. The van der Waals surface area contributed by atoms with E-state index in [0.29, 0.717) is 12.1 Å². The minimum Gasteiger partial charge on any atom is -0.312 e. The van der Waals surface area contributed by atoms with Gasteiger partial charge in [0, 0.05) is 18.6 Å². The van der Waals surface area contributed by atoms with Crippen LogP contribution in [0.15, 0.2) is 30.3 Å². The van der Waals surface area contributed by atoms with Gasteiger partial charge in [0.1, 0.15) is 0 Å². The van der Waals surface area contributed by atoms with E-state index < -0.39 is 0 Å². The molecule has 0 aliphatic heterocycles. The molecule has 0 heterocycles. The average Bonchev–Trinajstić information content (AvgIpc) is 2.38. The van der Waals surface area contributed by atoms with Crippen molar-refractivity contribution in [2.24, 2.45) is 0 Å². The Morgan fingerprint density at radius 2 is 1.78 bits per heavy atom. The molecule has 0 spiro atoms. The Bertz CT molecular complexity index is 308. The van der Waals surface area contributed by atoms with E-state index in [1.807, 2.05) is 0 Å². The van der Waals surface area contributed by atoms with E-state index in [9.17, 15) is 0 Å². The van der Waals surface area contributed by atoms with Crippen LogP contribution in [0.5, 0.6) is 0 Å². The van der Waals surface area contributed by atoms with E-state index in [0.717, 1.165) is 6.54 Å². The molecular weight excluding hydrogens is 220 g/mol. The lowest BCUT2D eigenvalue weighted by atomic mass is 10.0. The van der Waals surface area contributed by atoms with Crippen molar-refractivity contribution in [2.45, 2.75) is 45.2 Å². The Morgan fingerprint density at radius 3 is 2.28 bits per heavy atom. The molecular formula is C16H28N2. The summed E-state index contributed by atoms with van der Waals surface area (Å²) in [5, 5.41) is 3.71. The first kappa shape index (κ1) is 15.2. The fourth-order valence-electron chi connectivity index (χ4n) is 2.35. The molecule has 1 aromatic rings. The maximum absolute atomic E-state index is 3.71. The standard InChI is InChI=1S/C16H28N2/c1-5-10-15(6-2)17-13-16(18(3)4)14-11-8-7-9-12-14/h7-9,11-12,15-17H,5-6,10,13H2,1-4H3. The zero-order valence-electron chi connectivity index (χ0n) is 12.3. The van der Waals surface area contributed by atoms with Crippen molar-refractivity contribution >= 4 is 0 Å². The molecule has 0 aliphatic rings. The fourth-order valence-corrected chi connectivity index (χ4v) is 2.35. The van der Waals surface area contributed by atoms with Gasteiger partial charge in [-0.2, -0.15) is 0 Å². The van der Waals surface area contributed by atoms with Gasteiger partial charge in [-0.25, -0.2) is 0 Å². The zero-order valence-corrected chi connectivity index (χ0v) is 12.3. The molecule has 0 bridgehead atoms. The number of likely N-dealkylation sites (N-methyl/N-ethyl adjacent to an activating group) is 1. The highest BCUT2D eigenvalue weighted by Gasteiger charge is 2.15. The molecule has 0 radical (unpaired) electrons. The van der Waals surface area contributed by atoms with Gasteiger partial charge in [-0.1, -0.05) is 50.6 Å². The third kappa shape index (κ3) is 4.79. The van der Waals surface area contributed by atoms with Crippen LogP contribution in [0.25, 0.3) is 0 Å². The Balaban J connectivity index is 2.59. The van der Waals surface area contributed by atoms with Crippen molar-refractivity contribution in [3.63, 3.8) is 0 Å². The molecule has 0 amide bonds. The number of rotatable bonds is 8. The molecule has 0 fully saturated rings. The van der Waals surface area contributed by atoms with Gasteiger partial charge in [0.2, 0.25) is 0 Å². The van der Waals surface area contributed by atoms with E-state index in [1.165, 1.54) is 24.8 Å². The minimum absolute atomic E-state index is 0.456. The summed E-state index contributed by atoms with van der Waals surface area (Å²) in [6.45, 7) is 5.54. The SMILES string of the molecule is CCCC(CC)NCC(c1ccccc1)N(C)C. The Morgan fingerprint density at radius 1 is 1.11 bits per heavy atom. The van der Waals surface area contributed by atoms with E-state index >= 15 is 0 Å². The number of nitrogens with one attached hydrogen (secondary N) is 1. The molecule has 1 aromatic carbocycles. The van der Waals surface area contributed by atoms with Crippen molar-refractivity contribution in [3.8, 4) is 0 Å². The molecule has 0 saturated heterocycles. The van der Waals surface area contributed by atoms with E-state index in [4.69, 9.17) is 0 Å². The van der Waals surface area contributed by atoms with Gasteiger partial charge in [0.15, 0.2) is 0 Å². The summed E-state index contributed by atoms with van der Waals surface area (Å²) in [5.41, 5.74) is 1.39. The Hall–Kier alpha value is -0.860. The van der Waals surface area contributed by atoms with Gasteiger partial charge in [-0.05, 0) is 32.5 Å². The predicted molar refractivity (Wildman–Crippen MR) is 79.9 cm³/mol. The number of nitrogens with zero attached hydrogens (tertiary/aromatic N) is 1.